The molecule has 1 N–H and O–H groups in total. The van der Waals surface area contributed by atoms with E-state index < -0.39 is 0 Å². The molecule has 6 heteroatoms. The molecule has 0 atom stereocenters. The van der Waals surface area contributed by atoms with Crippen molar-refractivity contribution < 1.29 is 9.84 Å². The Morgan fingerprint density at radius 2 is 1.34 bits per heavy atom. The van der Waals surface area contributed by atoms with Crippen LogP contribution >= 0.6 is 0 Å². The number of phenols is 1. The van der Waals surface area contributed by atoms with Gasteiger partial charge in [0, 0.05) is 29.5 Å². The first-order valence-corrected chi connectivity index (χ1v) is 10.1. The Bertz CT molecular complexity index is 1360. The van der Waals surface area contributed by atoms with Gasteiger partial charge in [0.15, 0.2) is 5.82 Å². The number of hydrogen-bond donors (Lipinski definition) is 1. The van der Waals surface area contributed by atoms with E-state index in [1.807, 2.05) is 72.8 Å². The maximum Gasteiger partial charge on any atom is 0.221 e. The third kappa shape index (κ3) is 4.15. The predicted octanol–water partition coefficient (Wildman–Crippen LogP) is 5.77. The van der Waals surface area contributed by atoms with Crippen molar-refractivity contribution in [2.45, 2.75) is 0 Å². The molecule has 3 aromatic heterocycles. The molecule has 3 heterocycles. The number of ether oxygens (including phenoxy) is 1. The summed E-state index contributed by atoms with van der Waals surface area (Å²) in [7, 11) is 0. The summed E-state index contributed by atoms with van der Waals surface area (Å²) in [5, 5.41) is 10.4. The maximum atomic E-state index is 10.4. The van der Waals surface area contributed by atoms with Crippen LogP contribution in [0.25, 0.3) is 34.0 Å². The van der Waals surface area contributed by atoms with Gasteiger partial charge in [-0.25, -0.2) is 19.9 Å². The molecule has 5 aromatic rings. The summed E-state index contributed by atoms with van der Waals surface area (Å²) in [4.78, 5) is 18.3. The summed E-state index contributed by atoms with van der Waals surface area (Å²) in [6.45, 7) is 0. The quantitative estimate of drug-likeness (QED) is 0.390. The van der Waals surface area contributed by atoms with Crippen LogP contribution in [-0.2, 0) is 0 Å². The number of pyridine rings is 2. The van der Waals surface area contributed by atoms with Crippen LogP contribution in [0.15, 0.2) is 103 Å². The van der Waals surface area contributed by atoms with E-state index in [1.165, 1.54) is 0 Å². The van der Waals surface area contributed by atoms with Gasteiger partial charge in [0.2, 0.25) is 11.8 Å². The number of rotatable bonds is 5. The third-order valence-electron chi connectivity index (χ3n) is 4.77. The Labute approximate surface area is 184 Å². The van der Waals surface area contributed by atoms with Gasteiger partial charge >= 0.3 is 0 Å². The van der Waals surface area contributed by atoms with E-state index in [2.05, 4.69) is 9.97 Å². The Hall–Kier alpha value is -4.58. The number of aromatic nitrogens is 4. The highest BCUT2D eigenvalue weighted by atomic mass is 16.5. The van der Waals surface area contributed by atoms with E-state index in [9.17, 15) is 5.11 Å². The Morgan fingerprint density at radius 1 is 0.594 bits per heavy atom. The number of aromatic hydroxyl groups is 1. The molecule has 0 unspecified atom stereocenters. The summed E-state index contributed by atoms with van der Waals surface area (Å²) in [5.74, 6) is 1.56. The lowest BCUT2D eigenvalue weighted by Gasteiger charge is -2.10. The largest absolute Gasteiger partial charge is 0.507 e. The number of phenolic OH excluding ortho intramolecular Hbond substituents is 1. The molecule has 0 radical (unpaired) electrons. The van der Waals surface area contributed by atoms with E-state index >= 15 is 0 Å². The molecule has 0 saturated heterocycles. The summed E-state index contributed by atoms with van der Waals surface area (Å²) < 4.78 is 5.78. The summed E-state index contributed by atoms with van der Waals surface area (Å²) in [5.41, 5.74) is 3.32. The maximum absolute atomic E-state index is 10.4. The normalized spacial score (nSPS) is 10.6. The van der Waals surface area contributed by atoms with E-state index in [0.29, 0.717) is 40.2 Å². The molecule has 5 rings (SSSR count). The highest BCUT2D eigenvalue weighted by molar-refractivity contribution is 5.73. The van der Waals surface area contributed by atoms with Crippen molar-refractivity contribution in [3.8, 4) is 51.5 Å². The number of benzene rings is 2. The molecule has 2 aromatic carbocycles. The second-order valence-electron chi connectivity index (χ2n) is 6.98. The minimum Gasteiger partial charge on any atom is -0.507 e. The van der Waals surface area contributed by atoms with Crippen molar-refractivity contribution in [3.63, 3.8) is 0 Å². The zero-order chi connectivity index (χ0) is 21.8. The van der Waals surface area contributed by atoms with Gasteiger partial charge in [0.25, 0.3) is 0 Å². The zero-order valence-electron chi connectivity index (χ0n) is 17.0. The highest BCUT2D eigenvalue weighted by Gasteiger charge is 2.14. The number of nitrogens with zero attached hydrogens (tertiary/aromatic N) is 4. The van der Waals surface area contributed by atoms with Crippen LogP contribution in [0.4, 0.5) is 0 Å². The molecule has 6 nitrogen and oxygen atoms in total. The fourth-order valence-electron chi connectivity index (χ4n) is 3.25. The highest BCUT2D eigenvalue weighted by Crippen LogP contribution is 2.32. The molecule has 0 aliphatic heterocycles. The van der Waals surface area contributed by atoms with Crippen LogP contribution in [0.1, 0.15) is 0 Å². The Morgan fingerprint density at radius 3 is 2.16 bits per heavy atom. The van der Waals surface area contributed by atoms with Gasteiger partial charge in [-0.2, -0.15) is 0 Å². The van der Waals surface area contributed by atoms with Crippen LogP contribution in [-0.4, -0.2) is 25.0 Å². The van der Waals surface area contributed by atoms with Gasteiger partial charge in [-0.15, -0.1) is 0 Å². The monoisotopic (exact) mass is 418 g/mol. The first-order chi connectivity index (χ1) is 15.8. The minimum absolute atomic E-state index is 0.149. The minimum atomic E-state index is 0.149. The van der Waals surface area contributed by atoms with Crippen molar-refractivity contribution in [1.29, 1.82) is 0 Å². The molecule has 0 fully saturated rings. The van der Waals surface area contributed by atoms with Crippen LogP contribution in [0, 0.1) is 0 Å². The van der Waals surface area contributed by atoms with E-state index in [-0.39, 0.29) is 5.75 Å². The van der Waals surface area contributed by atoms with Gasteiger partial charge in [-0.05, 0) is 30.3 Å². The van der Waals surface area contributed by atoms with Crippen LogP contribution < -0.4 is 4.74 Å². The van der Waals surface area contributed by atoms with Crippen molar-refractivity contribution >= 4 is 0 Å². The molecule has 0 bridgehead atoms. The lowest BCUT2D eigenvalue weighted by molar-refractivity contribution is 0.445. The van der Waals surface area contributed by atoms with Crippen LogP contribution in [0.3, 0.4) is 0 Å². The SMILES string of the molecule is Oc1ccccc1-c1cc(-c2cccc(Oc3ccccn3)n2)nc(-c2ccccc2)n1. The second-order valence-corrected chi connectivity index (χ2v) is 6.98. The molecule has 0 saturated carbocycles. The lowest BCUT2D eigenvalue weighted by atomic mass is 10.1. The Balaban J connectivity index is 1.61. The van der Waals surface area contributed by atoms with Gasteiger partial charge in [-0.3, -0.25) is 0 Å². The van der Waals surface area contributed by atoms with Crippen LogP contribution in [0.2, 0.25) is 0 Å². The average Bonchev–Trinajstić information content (AvgIpc) is 2.85. The van der Waals surface area contributed by atoms with E-state index in [1.54, 1.807) is 30.5 Å². The molecule has 0 spiro atoms. The number of hydrogen-bond acceptors (Lipinski definition) is 6. The van der Waals surface area contributed by atoms with Crippen LogP contribution in [0.5, 0.6) is 17.5 Å². The predicted molar refractivity (Wildman–Crippen MR) is 122 cm³/mol. The second kappa shape index (κ2) is 8.65. The molecular weight excluding hydrogens is 400 g/mol. The smallest absolute Gasteiger partial charge is 0.221 e. The zero-order valence-corrected chi connectivity index (χ0v) is 17.0. The molecule has 0 aliphatic carbocycles. The standard InChI is InChI=1S/C26H18N4O2/c31-23-13-5-4-11-19(23)21-17-22(30-26(29-21)18-9-2-1-3-10-18)20-12-8-15-25(28-20)32-24-14-6-7-16-27-24/h1-17,31H. The topological polar surface area (TPSA) is 81.0 Å². The third-order valence-corrected chi connectivity index (χ3v) is 4.77. The summed E-state index contributed by atoms with van der Waals surface area (Å²) in [6, 6.07) is 29.5. The van der Waals surface area contributed by atoms with Gasteiger partial charge < -0.3 is 9.84 Å². The molecular formula is C26H18N4O2. The Kier molecular flexibility index (Phi) is 5.24. The van der Waals surface area contributed by atoms with Crippen molar-refractivity contribution in [2.75, 3.05) is 0 Å². The molecule has 154 valence electrons. The average molecular weight is 418 g/mol. The van der Waals surface area contributed by atoms with Gasteiger partial charge in [-0.1, -0.05) is 54.6 Å². The number of para-hydroxylation sites is 1. The summed E-state index contributed by atoms with van der Waals surface area (Å²) in [6.07, 6.45) is 1.66. The van der Waals surface area contributed by atoms with Gasteiger partial charge in [0.1, 0.15) is 5.75 Å². The first kappa shape index (κ1) is 19.4. The first-order valence-electron chi connectivity index (χ1n) is 10.1. The molecule has 32 heavy (non-hydrogen) atoms. The fraction of sp³-hybridized carbons (Fsp3) is 0. The fourth-order valence-corrected chi connectivity index (χ4v) is 3.25. The molecule has 0 amide bonds. The van der Waals surface area contributed by atoms with Crippen molar-refractivity contribution in [3.05, 3.63) is 103 Å². The van der Waals surface area contributed by atoms with Crippen molar-refractivity contribution in [1.82, 2.24) is 19.9 Å². The summed E-state index contributed by atoms with van der Waals surface area (Å²) >= 11 is 0. The van der Waals surface area contributed by atoms with E-state index in [4.69, 9.17) is 14.7 Å². The van der Waals surface area contributed by atoms with Crippen molar-refractivity contribution in [2.24, 2.45) is 0 Å². The molecule has 0 aliphatic rings. The van der Waals surface area contributed by atoms with E-state index in [0.717, 1.165) is 5.56 Å². The van der Waals surface area contributed by atoms with Gasteiger partial charge in [0.05, 0.1) is 17.1 Å². The lowest BCUT2D eigenvalue weighted by Crippen LogP contribution is -1.98.